The van der Waals surface area contributed by atoms with Crippen LogP contribution in [0.15, 0.2) is 24.7 Å². The second kappa shape index (κ2) is 4.40. The largest absolute Gasteiger partial charge is 0.335 e. The highest BCUT2D eigenvalue weighted by molar-refractivity contribution is 5.60. The number of nitriles is 1. The van der Waals surface area contributed by atoms with Gasteiger partial charge in [0.2, 0.25) is 0 Å². The van der Waals surface area contributed by atoms with Crippen LogP contribution in [0.4, 0.5) is 11.5 Å². The van der Waals surface area contributed by atoms with Crippen molar-refractivity contribution in [1.82, 2.24) is 20.0 Å². The molecular formula is C10H10N6. The Morgan fingerprint density at radius 2 is 2.44 bits per heavy atom. The van der Waals surface area contributed by atoms with Crippen LogP contribution in [-0.2, 0) is 6.54 Å². The molecule has 0 atom stereocenters. The summed E-state index contributed by atoms with van der Waals surface area (Å²) < 4.78 is 1.78. The molecule has 80 valence electrons. The lowest BCUT2D eigenvalue weighted by molar-refractivity contribution is 0.660. The average Bonchev–Trinajstić information content (AvgIpc) is 2.77. The summed E-state index contributed by atoms with van der Waals surface area (Å²) >= 11 is 0. The third-order valence-corrected chi connectivity index (χ3v) is 2.06. The number of rotatable bonds is 3. The molecule has 6 nitrogen and oxygen atoms in total. The average molecular weight is 214 g/mol. The van der Waals surface area contributed by atoms with Crippen LogP contribution >= 0.6 is 0 Å². The second-order valence-electron chi connectivity index (χ2n) is 3.11. The maximum absolute atomic E-state index is 8.87. The van der Waals surface area contributed by atoms with E-state index in [0.717, 1.165) is 12.2 Å². The van der Waals surface area contributed by atoms with E-state index in [-0.39, 0.29) is 0 Å². The fourth-order valence-electron chi connectivity index (χ4n) is 1.25. The van der Waals surface area contributed by atoms with Crippen LogP contribution in [0.1, 0.15) is 12.5 Å². The molecule has 0 saturated carbocycles. The standard InChI is InChI=1S/C10H10N6/c1-2-16-7-9(6-13-16)14-10-8(5-11)3-4-12-15-10/h3-4,6-7H,2H2,1H3,(H,14,15). The first-order valence-electron chi connectivity index (χ1n) is 4.84. The van der Waals surface area contributed by atoms with E-state index in [1.165, 1.54) is 6.20 Å². The Labute approximate surface area is 92.5 Å². The van der Waals surface area contributed by atoms with E-state index < -0.39 is 0 Å². The second-order valence-corrected chi connectivity index (χ2v) is 3.11. The first-order valence-corrected chi connectivity index (χ1v) is 4.84. The number of aromatic nitrogens is 4. The zero-order valence-corrected chi connectivity index (χ0v) is 8.75. The molecule has 2 rings (SSSR count). The molecule has 1 N–H and O–H groups in total. The summed E-state index contributed by atoms with van der Waals surface area (Å²) in [6.07, 6.45) is 5.01. The van der Waals surface area contributed by atoms with Gasteiger partial charge in [0.05, 0.1) is 23.6 Å². The fraction of sp³-hybridized carbons (Fsp3) is 0.200. The van der Waals surface area contributed by atoms with Crippen molar-refractivity contribution in [3.8, 4) is 6.07 Å². The normalized spacial score (nSPS) is 9.75. The first-order chi connectivity index (χ1) is 7.83. The van der Waals surface area contributed by atoms with Gasteiger partial charge in [-0.25, -0.2) is 0 Å². The third kappa shape index (κ3) is 1.98. The monoisotopic (exact) mass is 214 g/mol. The Kier molecular flexibility index (Phi) is 2.78. The molecule has 0 aliphatic rings. The van der Waals surface area contributed by atoms with Gasteiger partial charge in [0.1, 0.15) is 6.07 Å². The Morgan fingerprint density at radius 3 is 3.12 bits per heavy atom. The Balaban J connectivity index is 2.24. The summed E-state index contributed by atoms with van der Waals surface area (Å²) in [5.74, 6) is 0.445. The highest BCUT2D eigenvalue weighted by Crippen LogP contribution is 2.15. The molecule has 0 aliphatic carbocycles. The zero-order valence-electron chi connectivity index (χ0n) is 8.75. The molecule has 0 saturated heterocycles. The summed E-state index contributed by atoms with van der Waals surface area (Å²) in [6.45, 7) is 2.80. The van der Waals surface area contributed by atoms with Crippen molar-refractivity contribution in [3.05, 3.63) is 30.2 Å². The molecule has 0 fully saturated rings. The Hall–Kier alpha value is -2.42. The molecular weight excluding hydrogens is 204 g/mol. The summed E-state index contributed by atoms with van der Waals surface area (Å²) in [7, 11) is 0. The van der Waals surface area contributed by atoms with Crippen molar-refractivity contribution in [2.45, 2.75) is 13.5 Å². The minimum absolute atomic E-state index is 0.445. The maximum atomic E-state index is 8.87. The van der Waals surface area contributed by atoms with Crippen LogP contribution in [0.25, 0.3) is 0 Å². The van der Waals surface area contributed by atoms with Crippen LogP contribution in [-0.4, -0.2) is 20.0 Å². The van der Waals surface area contributed by atoms with Crippen molar-refractivity contribution >= 4 is 11.5 Å². The topological polar surface area (TPSA) is 79.4 Å². The first kappa shape index (κ1) is 10.1. The van der Waals surface area contributed by atoms with Crippen molar-refractivity contribution in [3.63, 3.8) is 0 Å². The lowest BCUT2D eigenvalue weighted by Gasteiger charge is -2.01. The zero-order chi connectivity index (χ0) is 11.4. The van der Waals surface area contributed by atoms with E-state index in [9.17, 15) is 0 Å². The van der Waals surface area contributed by atoms with Crippen LogP contribution in [0.2, 0.25) is 0 Å². The lowest BCUT2D eigenvalue weighted by Crippen LogP contribution is -1.97. The smallest absolute Gasteiger partial charge is 0.171 e. The molecule has 2 aromatic rings. The quantitative estimate of drug-likeness (QED) is 0.833. The predicted octanol–water partition coefficient (Wildman–Crippen LogP) is 1.31. The van der Waals surface area contributed by atoms with Gasteiger partial charge in [-0.3, -0.25) is 4.68 Å². The highest BCUT2D eigenvalue weighted by Gasteiger charge is 2.04. The van der Waals surface area contributed by atoms with Crippen molar-refractivity contribution < 1.29 is 0 Å². The van der Waals surface area contributed by atoms with Gasteiger partial charge in [-0.1, -0.05) is 0 Å². The maximum Gasteiger partial charge on any atom is 0.171 e. The fourth-order valence-corrected chi connectivity index (χ4v) is 1.25. The number of hydrogen-bond acceptors (Lipinski definition) is 5. The molecule has 0 bridgehead atoms. The molecule has 16 heavy (non-hydrogen) atoms. The predicted molar refractivity (Wildman–Crippen MR) is 57.9 cm³/mol. The highest BCUT2D eigenvalue weighted by atomic mass is 15.3. The van der Waals surface area contributed by atoms with Crippen molar-refractivity contribution in [1.29, 1.82) is 5.26 Å². The molecule has 0 aliphatic heterocycles. The van der Waals surface area contributed by atoms with E-state index in [1.54, 1.807) is 16.9 Å². The van der Waals surface area contributed by atoms with E-state index in [2.05, 4.69) is 20.6 Å². The number of aryl methyl sites for hydroxylation is 1. The summed E-state index contributed by atoms with van der Waals surface area (Å²) in [5, 5.41) is 23.6. The van der Waals surface area contributed by atoms with E-state index in [4.69, 9.17) is 5.26 Å². The minimum Gasteiger partial charge on any atom is -0.335 e. The van der Waals surface area contributed by atoms with Gasteiger partial charge in [-0.05, 0) is 13.0 Å². The van der Waals surface area contributed by atoms with E-state index in [0.29, 0.717) is 11.4 Å². The van der Waals surface area contributed by atoms with E-state index >= 15 is 0 Å². The number of nitrogens with zero attached hydrogens (tertiary/aromatic N) is 5. The molecule has 2 heterocycles. The van der Waals surface area contributed by atoms with E-state index in [1.807, 2.05) is 19.2 Å². The molecule has 6 heteroatoms. The van der Waals surface area contributed by atoms with Crippen molar-refractivity contribution in [2.75, 3.05) is 5.32 Å². The summed E-state index contributed by atoms with van der Waals surface area (Å²) in [6, 6.07) is 3.66. The molecule has 2 aromatic heterocycles. The molecule has 0 amide bonds. The van der Waals surface area contributed by atoms with Gasteiger partial charge in [-0.2, -0.15) is 15.5 Å². The van der Waals surface area contributed by atoms with Crippen LogP contribution in [0, 0.1) is 11.3 Å². The van der Waals surface area contributed by atoms with Crippen LogP contribution in [0.3, 0.4) is 0 Å². The summed E-state index contributed by atoms with van der Waals surface area (Å²) in [5.41, 5.74) is 1.25. The molecule has 0 radical (unpaired) electrons. The number of nitrogens with one attached hydrogen (secondary N) is 1. The van der Waals surface area contributed by atoms with Gasteiger partial charge in [0, 0.05) is 12.7 Å². The van der Waals surface area contributed by atoms with Gasteiger partial charge in [0.25, 0.3) is 0 Å². The van der Waals surface area contributed by atoms with Gasteiger partial charge in [0.15, 0.2) is 5.82 Å². The molecule has 0 spiro atoms. The van der Waals surface area contributed by atoms with Gasteiger partial charge < -0.3 is 5.32 Å². The SMILES string of the molecule is CCn1cc(Nc2nnccc2C#N)cn1. The Morgan fingerprint density at radius 1 is 1.56 bits per heavy atom. The van der Waals surface area contributed by atoms with Gasteiger partial charge in [-0.15, -0.1) is 5.10 Å². The molecule has 0 unspecified atom stereocenters. The van der Waals surface area contributed by atoms with Crippen LogP contribution in [0.5, 0.6) is 0 Å². The lowest BCUT2D eigenvalue weighted by atomic mass is 10.3. The number of hydrogen-bond donors (Lipinski definition) is 1. The third-order valence-electron chi connectivity index (χ3n) is 2.06. The van der Waals surface area contributed by atoms with Crippen molar-refractivity contribution in [2.24, 2.45) is 0 Å². The number of anilines is 2. The van der Waals surface area contributed by atoms with Crippen LogP contribution < -0.4 is 5.32 Å². The summed E-state index contributed by atoms with van der Waals surface area (Å²) in [4.78, 5) is 0. The van der Waals surface area contributed by atoms with Gasteiger partial charge >= 0.3 is 0 Å². The Bertz CT molecular complexity index is 524. The molecule has 0 aromatic carbocycles. The minimum atomic E-state index is 0.445.